The van der Waals surface area contributed by atoms with Gasteiger partial charge < -0.3 is 20.1 Å². The van der Waals surface area contributed by atoms with Gasteiger partial charge >= 0.3 is 0 Å². The highest BCUT2D eigenvalue weighted by Gasteiger charge is 2.21. The van der Waals surface area contributed by atoms with Gasteiger partial charge in [-0.3, -0.25) is 4.79 Å². The Bertz CT molecular complexity index is 553. The zero-order valence-electron chi connectivity index (χ0n) is 14.5. The number of ether oxygens (including phenoxy) is 2. The second kappa shape index (κ2) is 8.72. The molecule has 0 aromatic heterocycles. The lowest BCUT2D eigenvalue weighted by Gasteiger charge is -2.18. The Hall–Kier alpha value is -1.82. The summed E-state index contributed by atoms with van der Waals surface area (Å²) in [6, 6.07) is 5.71. The van der Waals surface area contributed by atoms with Crippen LogP contribution in [0.25, 0.3) is 0 Å². The molecule has 0 radical (unpaired) electrons. The lowest BCUT2D eigenvalue weighted by molar-refractivity contribution is -0.126. The van der Waals surface area contributed by atoms with Gasteiger partial charge in [-0.15, -0.1) is 0 Å². The Balaban J connectivity index is 2.61. The first kappa shape index (κ1) is 19.2. The molecule has 0 fully saturated rings. The molecule has 0 aliphatic rings. The van der Waals surface area contributed by atoms with Crippen molar-refractivity contribution in [1.29, 1.82) is 0 Å². The second-order valence-corrected chi connectivity index (χ2v) is 6.63. The molecule has 0 aliphatic heterocycles. The normalized spacial score (nSPS) is 10.8. The molecule has 1 aromatic carbocycles. The molecule has 0 heterocycles. The number of nitrogens with one attached hydrogen (secondary N) is 2. The van der Waals surface area contributed by atoms with Gasteiger partial charge in [-0.25, -0.2) is 0 Å². The Labute approximate surface area is 143 Å². The summed E-state index contributed by atoms with van der Waals surface area (Å²) >= 11 is 5.14. The van der Waals surface area contributed by atoms with Gasteiger partial charge in [-0.1, -0.05) is 33.8 Å². The minimum absolute atomic E-state index is 0.115. The molecule has 5 nitrogen and oxygen atoms in total. The molecule has 6 heteroatoms. The van der Waals surface area contributed by atoms with Crippen LogP contribution in [0.3, 0.4) is 0 Å². The molecule has 0 aliphatic carbocycles. The monoisotopic (exact) mass is 338 g/mol. The third-order valence-corrected chi connectivity index (χ3v) is 3.30. The molecular formula is C17H26N2O3S. The second-order valence-electron chi connectivity index (χ2n) is 6.22. The van der Waals surface area contributed by atoms with Crippen LogP contribution in [-0.4, -0.2) is 24.7 Å². The Morgan fingerprint density at radius 1 is 1.26 bits per heavy atom. The summed E-state index contributed by atoms with van der Waals surface area (Å²) in [7, 11) is 1.61. The summed E-state index contributed by atoms with van der Waals surface area (Å²) in [6.45, 7) is 8.71. The zero-order valence-corrected chi connectivity index (χ0v) is 15.3. The van der Waals surface area contributed by atoms with E-state index in [1.54, 1.807) is 7.11 Å². The van der Waals surface area contributed by atoms with Gasteiger partial charge in [0.05, 0.1) is 13.7 Å². The predicted octanol–water partition coefficient (Wildman–Crippen LogP) is 3.02. The number of hydrogen-bond acceptors (Lipinski definition) is 4. The first-order chi connectivity index (χ1) is 10.8. The van der Waals surface area contributed by atoms with Crippen molar-refractivity contribution in [3.8, 4) is 11.5 Å². The fourth-order valence-corrected chi connectivity index (χ4v) is 1.84. The maximum Gasteiger partial charge on any atom is 0.231 e. The lowest BCUT2D eigenvalue weighted by atomic mass is 9.96. The predicted molar refractivity (Wildman–Crippen MR) is 95.8 cm³/mol. The topological polar surface area (TPSA) is 59.6 Å². The quantitative estimate of drug-likeness (QED) is 0.781. The third-order valence-electron chi connectivity index (χ3n) is 3.05. The maximum atomic E-state index is 11.9. The Kier molecular flexibility index (Phi) is 7.29. The van der Waals surface area contributed by atoms with E-state index in [9.17, 15) is 4.79 Å². The first-order valence-corrected chi connectivity index (χ1v) is 8.07. The van der Waals surface area contributed by atoms with E-state index in [4.69, 9.17) is 21.7 Å². The van der Waals surface area contributed by atoms with Crippen LogP contribution < -0.4 is 20.1 Å². The number of thiocarbonyl (C=S) groups is 1. The Morgan fingerprint density at radius 3 is 2.52 bits per heavy atom. The smallest absolute Gasteiger partial charge is 0.231 e. The molecule has 0 spiro atoms. The molecule has 0 unspecified atom stereocenters. The lowest BCUT2D eigenvalue weighted by Crippen LogP contribution is -2.44. The summed E-state index contributed by atoms with van der Waals surface area (Å²) in [5, 5.41) is 6.02. The largest absolute Gasteiger partial charge is 0.493 e. The SMILES string of the molecule is CCCOc1ccc(CNC(=S)NC(=O)C(C)(C)C)cc1OC. The fraction of sp³-hybridized carbons (Fsp3) is 0.529. The van der Waals surface area contributed by atoms with Crippen LogP contribution in [-0.2, 0) is 11.3 Å². The number of hydrogen-bond donors (Lipinski definition) is 2. The van der Waals surface area contributed by atoms with Gasteiger partial charge in [0.15, 0.2) is 16.6 Å². The van der Waals surface area contributed by atoms with Crippen molar-refractivity contribution >= 4 is 23.2 Å². The van der Waals surface area contributed by atoms with Crippen LogP contribution >= 0.6 is 12.2 Å². The number of benzene rings is 1. The van der Waals surface area contributed by atoms with Crippen LogP contribution in [0.4, 0.5) is 0 Å². The van der Waals surface area contributed by atoms with Crippen LogP contribution in [0.15, 0.2) is 18.2 Å². The number of carbonyl (C=O) groups is 1. The third kappa shape index (κ3) is 6.44. The molecule has 1 amide bonds. The van der Waals surface area contributed by atoms with Crippen molar-refractivity contribution < 1.29 is 14.3 Å². The molecule has 0 atom stereocenters. The summed E-state index contributed by atoms with van der Waals surface area (Å²) in [5.41, 5.74) is 0.505. The summed E-state index contributed by atoms with van der Waals surface area (Å²) < 4.78 is 11.0. The summed E-state index contributed by atoms with van der Waals surface area (Å²) in [4.78, 5) is 11.9. The van der Waals surface area contributed by atoms with Crippen LogP contribution in [0.1, 0.15) is 39.7 Å². The van der Waals surface area contributed by atoms with Crippen molar-refractivity contribution in [2.75, 3.05) is 13.7 Å². The van der Waals surface area contributed by atoms with E-state index in [2.05, 4.69) is 17.6 Å². The minimum Gasteiger partial charge on any atom is -0.493 e. The summed E-state index contributed by atoms with van der Waals surface area (Å²) in [5.74, 6) is 1.29. The standard InChI is InChI=1S/C17H26N2O3S/c1-6-9-22-13-8-7-12(10-14(13)21-5)11-18-16(23)19-15(20)17(2,3)4/h7-8,10H,6,9,11H2,1-5H3,(H2,18,19,20,23). The Morgan fingerprint density at radius 2 is 1.96 bits per heavy atom. The van der Waals surface area contributed by atoms with E-state index >= 15 is 0 Å². The van der Waals surface area contributed by atoms with E-state index in [0.717, 1.165) is 17.7 Å². The zero-order chi connectivity index (χ0) is 17.5. The molecule has 0 saturated heterocycles. The number of methoxy groups -OCH3 is 1. The van der Waals surface area contributed by atoms with E-state index in [1.165, 1.54) is 0 Å². The minimum atomic E-state index is -0.479. The highest BCUT2D eigenvalue weighted by atomic mass is 32.1. The van der Waals surface area contributed by atoms with E-state index in [0.29, 0.717) is 24.0 Å². The average Bonchev–Trinajstić information content (AvgIpc) is 2.50. The van der Waals surface area contributed by atoms with Crippen LogP contribution in [0.2, 0.25) is 0 Å². The van der Waals surface area contributed by atoms with Crippen molar-refractivity contribution in [2.24, 2.45) is 5.41 Å². The highest BCUT2D eigenvalue weighted by molar-refractivity contribution is 7.80. The molecule has 0 bridgehead atoms. The van der Waals surface area contributed by atoms with Gasteiger partial charge in [0.1, 0.15) is 0 Å². The average molecular weight is 338 g/mol. The van der Waals surface area contributed by atoms with Crippen molar-refractivity contribution in [1.82, 2.24) is 10.6 Å². The molecule has 1 aromatic rings. The van der Waals surface area contributed by atoms with Crippen molar-refractivity contribution in [3.05, 3.63) is 23.8 Å². The van der Waals surface area contributed by atoms with Crippen molar-refractivity contribution in [2.45, 2.75) is 40.7 Å². The van der Waals surface area contributed by atoms with Gasteiger partial charge in [0.2, 0.25) is 5.91 Å². The van der Waals surface area contributed by atoms with Gasteiger partial charge in [-0.2, -0.15) is 0 Å². The highest BCUT2D eigenvalue weighted by Crippen LogP contribution is 2.28. The molecule has 128 valence electrons. The van der Waals surface area contributed by atoms with Gasteiger partial charge in [-0.05, 0) is 36.3 Å². The number of rotatable bonds is 6. The molecule has 1 rings (SSSR count). The molecule has 0 saturated carbocycles. The molecule has 23 heavy (non-hydrogen) atoms. The summed E-state index contributed by atoms with van der Waals surface area (Å²) in [6.07, 6.45) is 0.939. The maximum absolute atomic E-state index is 11.9. The van der Waals surface area contributed by atoms with E-state index in [1.807, 2.05) is 39.0 Å². The molecule has 2 N–H and O–H groups in total. The van der Waals surface area contributed by atoms with Gasteiger partial charge in [0, 0.05) is 12.0 Å². The van der Waals surface area contributed by atoms with Gasteiger partial charge in [0.25, 0.3) is 0 Å². The number of amides is 1. The fourth-order valence-electron chi connectivity index (χ4n) is 1.67. The van der Waals surface area contributed by atoms with Crippen LogP contribution in [0, 0.1) is 5.41 Å². The van der Waals surface area contributed by atoms with Crippen molar-refractivity contribution in [3.63, 3.8) is 0 Å². The van der Waals surface area contributed by atoms with E-state index < -0.39 is 5.41 Å². The molecular weight excluding hydrogens is 312 g/mol. The van der Waals surface area contributed by atoms with Crippen LogP contribution in [0.5, 0.6) is 11.5 Å². The van der Waals surface area contributed by atoms with E-state index in [-0.39, 0.29) is 5.91 Å². The first-order valence-electron chi connectivity index (χ1n) is 7.67. The number of carbonyl (C=O) groups excluding carboxylic acids is 1.